The smallest absolute Gasteiger partial charge is 0.502 e. The van der Waals surface area contributed by atoms with Crippen molar-refractivity contribution in [3.05, 3.63) is 23.2 Å². The molecule has 15 heavy (non-hydrogen) atoms. The Morgan fingerprint density at radius 2 is 1.80 bits per heavy atom. The van der Waals surface area contributed by atoms with Gasteiger partial charge in [0.2, 0.25) is 0 Å². The van der Waals surface area contributed by atoms with Gasteiger partial charge in [-0.25, -0.2) is 8.42 Å². The molecule has 8 heteroatoms. The number of aromatic hydroxyl groups is 1. The van der Waals surface area contributed by atoms with Crippen molar-refractivity contribution in [2.24, 2.45) is 0 Å². The number of halogens is 4. The van der Waals surface area contributed by atoms with E-state index in [4.69, 9.17) is 16.7 Å². The van der Waals surface area contributed by atoms with Crippen LogP contribution in [0.4, 0.5) is 13.2 Å². The van der Waals surface area contributed by atoms with E-state index in [9.17, 15) is 21.6 Å². The lowest BCUT2D eigenvalue weighted by atomic mass is 10.3. The Labute approximate surface area is 88.0 Å². The van der Waals surface area contributed by atoms with Gasteiger partial charge in [-0.15, -0.1) is 0 Å². The minimum Gasteiger partial charge on any atom is -0.505 e. The summed E-state index contributed by atoms with van der Waals surface area (Å²) in [5.74, 6) is -1.10. The maximum absolute atomic E-state index is 12.1. The monoisotopic (exact) mass is 260 g/mol. The van der Waals surface area contributed by atoms with Crippen molar-refractivity contribution in [3.8, 4) is 5.75 Å². The molecular weight excluding hydrogens is 257 g/mol. The molecule has 0 bridgehead atoms. The molecule has 0 aliphatic heterocycles. The molecule has 0 unspecified atom stereocenters. The summed E-state index contributed by atoms with van der Waals surface area (Å²) < 4.78 is 58.0. The molecule has 0 fully saturated rings. The zero-order valence-corrected chi connectivity index (χ0v) is 8.49. The molecule has 84 valence electrons. The molecule has 0 aliphatic rings. The van der Waals surface area contributed by atoms with Gasteiger partial charge in [-0.1, -0.05) is 17.7 Å². The summed E-state index contributed by atoms with van der Waals surface area (Å²) in [6.07, 6.45) is 0. The van der Waals surface area contributed by atoms with E-state index in [1.54, 1.807) is 0 Å². The Morgan fingerprint density at radius 1 is 1.27 bits per heavy atom. The summed E-state index contributed by atoms with van der Waals surface area (Å²) in [5.41, 5.74) is -5.46. The van der Waals surface area contributed by atoms with Crippen LogP contribution >= 0.6 is 11.6 Å². The second-order valence-electron chi connectivity index (χ2n) is 2.54. The predicted molar refractivity (Wildman–Crippen MR) is 46.4 cm³/mol. The maximum atomic E-state index is 12.1. The first-order chi connectivity index (χ1) is 6.68. The van der Waals surface area contributed by atoms with E-state index in [0.717, 1.165) is 12.1 Å². The lowest BCUT2D eigenvalue weighted by Gasteiger charge is -2.09. The van der Waals surface area contributed by atoms with Crippen molar-refractivity contribution in [3.63, 3.8) is 0 Å². The molecule has 0 saturated carbocycles. The van der Waals surface area contributed by atoms with Gasteiger partial charge in [0.05, 0.1) is 5.02 Å². The van der Waals surface area contributed by atoms with Crippen LogP contribution in [0.2, 0.25) is 5.02 Å². The van der Waals surface area contributed by atoms with Crippen molar-refractivity contribution in [2.45, 2.75) is 10.4 Å². The number of hydrogen-bond acceptors (Lipinski definition) is 3. The first-order valence-corrected chi connectivity index (χ1v) is 5.33. The minimum atomic E-state index is -5.56. The highest BCUT2D eigenvalue weighted by atomic mass is 35.5. The van der Waals surface area contributed by atoms with Crippen LogP contribution in [0.15, 0.2) is 23.1 Å². The van der Waals surface area contributed by atoms with Gasteiger partial charge < -0.3 is 5.11 Å². The molecule has 1 rings (SSSR count). The van der Waals surface area contributed by atoms with Gasteiger partial charge in [0.25, 0.3) is 9.84 Å². The van der Waals surface area contributed by atoms with Crippen molar-refractivity contribution >= 4 is 21.4 Å². The predicted octanol–water partition coefficient (Wildman–Crippen LogP) is 2.34. The van der Waals surface area contributed by atoms with Crippen molar-refractivity contribution in [1.82, 2.24) is 0 Å². The van der Waals surface area contributed by atoms with Gasteiger partial charge in [0.15, 0.2) is 5.75 Å². The molecule has 0 spiro atoms. The van der Waals surface area contributed by atoms with Gasteiger partial charge >= 0.3 is 5.51 Å². The highest BCUT2D eigenvalue weighted by Crippen LogP contribution is 2.37. The Morgan fingerprint density at radius 3 is 2.27 bits per heavy atom. The second-order valence-corrected chi connectivity index (χ2v) is 4.85. The van der Waals surface area contributed by atoms with Gasteiger partial charge in [0.1, 0.15) is 4.90 Å². The second kappa shape index (κ2) is 3.57. The molecule has 0 atom stereocenters. The number of alkyl halides is 3. The van der Waals surface area contributed by atoms with Crippen molar-refractivity contribution in [2.75, 3.05) is 0 Å². The lowest BCUT2D eigenvalue weighted by Crippen LogP contribution is -2.23. The van der Waals surface area contributed by atoms with Crippen LogP contribution < -0.4 is 0 Å². The van der Waals surface area contributed by atoms with Crippen LogP contribution in [0.1, 0.15) is 0 Å². The van der Waals surface area contributed by atoms with Crippen LogP contribution in [0.25, 0.3) is 0 Å². The molecular formula is C7H4ClF3O3S. The van der Waals surface area contributed by atoms with E-state index in [2.05, 4.69) is 0 Å². The van der Waals surface area contributed by atoms with E-state index >= 15 is 0 Å². The first kappa shape index (κ1) is 12.1. The molecule has 0 radical (unpaired) electrons. The highest BCUT2D eigenvalue weighted by Gasteiger charge is 2.48. The van der Waals surface area contributed by atoms with Crippen LogP contribution in [0.5, 0.6) is 5.75 Å². The Balaban J connectivity index is 3.49. The van der Waals surface area contributed by atoms with E-state index in [0.29, 0.717) is 6.07 Å². The summed E-state index contributed by atoms with van der Waals surface area (Å²) in [6, 6.07) is 2.71. The number of benzene rings is 1. The van der Waals surface area contributed by atoms with E-state index in [1.165, 1.54) is 0 Å². The van der Waals surface area contributed by atoms with E-state index in [-0.39, 0.29) is 0 Å². The highest BCUT2D eigenvalue weighted by molar-refractivity contribution is 7.92. The number of phenolic OH excluding ortho intramolecular Hbond substituents is 1. The molecule has 0 amide bonds. The largest absolute Gasteiger partial charge is 0.505 e. The Hall–Kier alpha value is -0.950. The maximum Gasteiger partial charge on any atom is 0.502 e. The van der Waals surface area contributed by atoms with Gasteiger partial charge in [-0.05, 0) is 12.1 Å². The summed E-state index contributed by atoms with van der Waals surface area (Å²) in [7, 11) is -5.56. The fraction of sp³-hybridized carbons (Fsp3) is 0.143. The SMILES string of the molecule is O=S(=O)(c1cccc(Cl)c1O)C(F)(F)F. The lowest BCUT2D eigenvalue weighted by molar-refractivity contribution is -0.0437. The van der Waals surface area contributed by atoms with Crippen LogP contribution in [0.3, 0.4) is 0 Å². The van der Waals surface area contributed by atoms with Crippen molar-refractivity contribution < 1.29 is 26.7 Å². The standard InChI is InChI=1S/C7H4ClF3O3S/c8-4-2-1-3-5(6(4)12)15(13,14)7(9,10)11/h1-3,12H. The quantitative estimate of drug-likeness (QED) is 0.843. The fourth-order valence-electron chi connectivity index (χ4n) is 0.837. The zero-order chi connectivity index (χ0) is 11.9. The molecule has 0 heterocycles. The third-order valence-corrected chi connectivity index (χ3v) is 3.37. The summed E-state index contributed by atoms with van der Waals surface area (Å²) in [6.45, 7) is 0. The van der Waals surface area contributed by atoms with Crippen molar-refractivity contribution in [1.29, 1.82) is 0 Å². The van der Waals surface area contributed by atoms with Crippen LogP contribution in [-0.2, 0) is 9.84 Å². The Kier molecular flexibility index (Phi) is 2.88. The number of rotatable bonds is 1. The molecule has 0 aromatic heterocycles. The van der Waals surface area contributed by atoms with E-state index < -0.39 is 31.0 Å². The van der Waals surface area contributed by atoms with Crippen LogP contribution in [-0.4, -0.2) is 19.0 Å². The molecule has 1 aromatic rings. The summed E-state index contributed by atoms with van der Waals surface area (Å²) in [4.78, 5) is -1.25. The summed E-state index contributed by atoms with van der Waals surface area (Å²) in [5, 5.41) is 8.63. The van der Waals surface area contributed by atoms with Gasteiger partial charge in [-0.2, -0.15) is 13.2 Å². The topological polar surface area (TPSA) is 54.4 Å². The average Bonchev–Trinajstić information content (AvgIpc) is 2.07. The number of phenols is 1. The normalized spacial score (nSPS) is 12.8. The number of para-hydroxylation sites is 1. The zero-order valence-electron chi connectivity index (χ0n) is 6.92. The average molecular weight is 261 g/mol. The number of sulfone groups is 1. The molecule has 1 N–H and O–H groups in total. The van der Waals surface area contributed by atoms with Gasteiger partial charge in [0, 0.05) is 0 Å². The first-order valence-electron chi connectivity index (χ1n) is 3.47. The Bertz CT molecular complexity index is 481. The molecule has 0 aliphatic carbocycles. The van der Waals surface area contributed by atoms with Gasteiger partial charge in [-0.3, -0.25) is 0 Å². The third-order valence-electron chi connectivity index (χ3n) is 1.54. The molecule has 0 saturated heterocycles. The summed E-state index contributed by atoms with van der Waals surface area (Å²) >= 11 is 5.29. The molecule has 1 aromatic carbocycles. The van der Waals surface area contributed by atoms with Crippen LogP contribution in [0, 0.1) is 0 Å². The fourth-order valence-corrected chi connectivity index (χ4v) is 1.94. The van der Waals surface area contributed by atoms with E-state index in [1.807, 2.05) is 0 Å². The third kappa shape index (κ3) is 2.03. The molecule has 3 nitrogen and oxygen atoms in total. The number of hydrogen-bond donors (Lipinski definition) is 1. The minimum absolute atomic E-state index is 0.458.